The molecule has 1 fully saturated rings. The molecule has 1 saturated carbocycles. The number of hydrogen-bond acceptors (Lipinski definition) is 8. The standard InChI is InChI=1S/C36H56BrNO8Si/c1-23-17-31-29(34(23)45-22-24-11-14-27(42-6)15-12-24)16-13-25(30(31)21-32(37)35(41)43-7)18-28(46-47(9,10)36(2,3)4)19-26(39)20-33(40)38(5)44-8/h11-16,21,23,25-26,28-31,34,39H,17-20,22H2,1-10H3/b32-21+/t23-,25+,26+,28+,29-,30-,31-,34-/m1/s1. The molecule has 11 heteroatoms. The van der Waals surface area contributed by atoms with Gasteiger partial charge in [0.15, 0.2) is 8.32 Å². The first-order valence-electron chi connectivity index (χ1n) is 16.6. The third-order valence-corrected chi connectivity index (χ3v) is 15.5. The number of ether oxygens (including phenoxy) is 3. The minimum absolute atomic E-state index is 0.000531. The summed E-state index contributed by atoms with van der Waals surface area (Å²) in [6.45, 7) is 13.7. The summed E-state index contributed by atoms with van der Waals surface area (Å²) in [5, 5.41) is 12.2. The van der Waals surface area contributed by atoms with E-state index in [1.54, 1.807) is 7.11 Å². The van der Waals surface area contributed by atoms with Crippen LogP contribution in [0.3, 0.4) is 0 Å². The van der Waals surface area contributed by atoms with E-state index in [0.717, 1.165) is 22.8 Å². The summed E-state index contributed by atoms with van der Waals surface area (Å²) in [4.78, 5) is 30.2. The molecule has 1 N–H and O–H groups in total. The van der Waals surface area contributed by atoms with Gasteiger partial charge in [-0.25, -0.2) is 9.86 Å². The zero-order valence-corrected chi connectivity index (χ0v) is 32.4. The van der Waals surface area contributed by atoms with Crippen LogP contribution in [0.15, 0.2) is 47.0 Å². The van der Waals surface area contributed by atoms with Crippen LogP contribution in [-0.4, -0.2) is 77.1 Å². The van der Waals surface area contributed by atoms with Crippen LogP contribution in [0.1, 0.15) is 58.9 Å². The molecule has 47 heavy (non-hydrogen) atoms. The molecule has 0 aliphatic heterocycles. The smallest absolute Gasteiger partial charge is 0.344 e. The second-order valence-electron chi connectivity index (χ2n) is 14.6. The van der Waals surface area contributed by atoms with Crippen LogP contribution < -0.4 is 4.74 Å². The Bertz CT molecular complexity index is 1250. The van der Waals surface area contributed by atoms with Crippen molar-refractivity contribution in [2.45, 2.75) is 96.4 Å². The molecule has 0 spiro atoms. The van der Waals surface area contributed by atoms with Crippen molar-refractivity contribution in [3.8, 4) is 5.75 Å². The summed E-state index contributed by atoms with van der Waals surface area (Å²) in [6, 6.07) is 7.95. The van der Waals surface area contributed by atoms with Gasteiger partial charge in [0.05, 0.1) is 51.0 Å². The number of hydroxylamine groups is 2. The SMILES string of the molecule is COC(=O)/C(Br)=C\[C@H]1[C@@H]2C[C@@H](C)[C@@H](OCc3ccc(OC)cc3)[C@@H]2C=C[C@H]1C[C@@H](C[C@H](O)CC(=O)N(C)OC)O[Si](C)(C)C(C)(C)C. The second-order valence-corrected chi connectivity index (χ2v) is 20.2. The number of halogens is 1. The molecule has 0 aromatic heterocycles. The minimum Gasteiger partial charge on any atom is -0.497 e. The monoisotopic (exact) mass is 737 g/mol. The summed E-state index contributed by atoms with van der Waals surface area (Å²) < 4.78 is 24.3. The van der Waals surface area contributed by atoms with Gasteiger partial charge in [-0.3, -0.25) is 9.63 Å². The molecular formula is C36H56BrNO8Si. The summed E-state index contributed by atoms with van der Waals surface area (Å²) in [5.41, 5.74) is 1.09. The second kappa shape index (κ2) is 17.1. The summed E-state index contributed by atoms with van der Waals surface area (Å²) in [5.74, 6) is 0.838. The van der Waals surface area contributed by atoms with Crippen molar-refractivity contribution in [1.29, 1.82) is 0 Å². The highest BCUT2D eigenvalue weighted by molar-refractivity contribution is 9.12. The first-order chi connectivity index (χ1) is 22.0. The summed E-state index contributed by atoms with van der Waals surface area (Å²) in [7, 11) is 3.75. The van der Waals surface area contributed by atoms with Crippen molar-refractivity contribution in [2.24, 2.45) is 29.6 Å². The van der Waals surface area contributed by atoms with E-state index in [1.807, 2.05) is 30.3 Å². The van der Waals surface area contributed by atoms with Gasteiger partial charge >= 0.3 is 5.97 Å². The lowest BCUT2D eigenvalue weighted by Gasteiger charge is -2.42. The van der Waals surface area contributed by atoms with Crippen LogP contribution in [0, 0.1) is 29.6 Å². The maximum atomic E-state index is 12.6. The van der Waals surface area contributed by atoms with E-state index in [4.69, 9.17) is 23.5 Å². The van der Waals surface area contributed by atoms with Crippen molar-refractivity contribution in [3.63, 3.8) is 0 Å². The van der Waals surface area contributed by atoms with Crippen molar-refractivity contribution >= 4 is 36.1 Å². The predicted octanol–water partition coefficient (Wildman–Crippen LogP) is 7.05. The molecule has 1 aromatic rings. The molecule has 8 atom stereocenters. The van der Waals surface area contributed by atoms with Gasteiger partial charge in [-0.05, 0) is 94.7 Å². The average molecular weight is 739 g/mol. The van der Waals surface area contributed by atoms with Gasteiger partial charge < -0.3 is 23.7 Å². The molecular weight excluding hydrogens is 682 g/mol. The summed E-state index contributed by atoms with van der Waals surface area (Å²) >= 11 is 3.50. The van der Waals surface area contributed by atoms with E-state index in [0.29, 0.717) is 29.8 Å². The first kappa shape index (κ1) is 39.4. The lowest BCUT2D eigenvalue weighted by molar-refractivity contribution is -0.171. The largest absolute Gasteiger partial charge is 0.497 e. The Morgan fingerprint density at radius 1 is 1.13 bits per heavy atom. The molecule has 0 radical (unpaired) electrons. The highest BCUT2D eigenvalue weighted by Crippen LogP contribution is 2.51. The van der Waals surface area contributed by atoms with E-state index >= 15 is 0 Å². The maximum Gasteiger partial charge on any atom is 0.344 e. The molecule has 264 valence electrons. The fourth-order valence-corrected chi connectivity index (χ4v) is 8.49. The average Bonchev–Trinajstić information content (AvgIpc) is 3.34. The Morgan fingerprint density at radius 3 is 2.36 bits per heavy atom. The van der Waals surface area contributed by atoms with Crippen LogP contribution in [0.4, 0.5) is 0 Å². The maximum absolute atomic E-state index is 12.6. The van der Waals surface area contributed by atoms with Gasteiger partial charge in [0.25, 0.3) is 0 Å². The number of nitrogens with zero attached hydrogens (tertiary/aromatic N) is 1. The Morgan fingerprint density at radius 2 is 1.79 bits per heavy atom. The lowest BCUT2D eigenvalue weighted by Crippen LogP contribution is -2.46. The molecule has 2 aliphatic rings. The third-order valence-electron chi connectivity index (χ3n) is 10.3. The van der Waals surface area contributed by atoms with Crippen LogP contribution >= 0.6 is 15.9 Å². The fraction of sp³-hybridized carbons (Fsp3) is 0.667. The van der Waals surface area contributed by atoms with E-state index in [-0.39, 0.29) is 53.2 Å². The number of hydrogen-bond donors (Lipinski definition) is 1. The molecule has 2 aliphatic carbocycles. The number of fused-ring (bicyclic) bond motifs is 1. The number of rotatable bonds is 15. The van der Waals surface area contributed by atoms with Gasteiger partial charge in [0.2, 0.25) is 5.91 Å². The van der Waals surface area contributed by atoms with E-state index in [9.17, 15) is 14.7 Å². The number of aliphatic hydroxyl groups excluding tert-OH is 1. The normalized spacial score (nSPS) is 26.0. The molecule has 0 bridgehead atoms. The first-order valence-corrected chi connectivity index (χ1v) is 20.3. The van der Waals surface area contributed by atoms with Crippen molar-refractivity contribution in [2.75, 3.05) is 28.4 Å². The predicted molar refractivity (Wildman–Crippen MR) is 189 cm³/mol. The Balaban J connectivity index is 1.91. The number of methoxy groups -OCH3 is 2. The van der Waals surface area contributed by atoms with Crippen LogP contribution in [0.25, 0.3) is 0 Å². The highest BCUT2D eigenvalue weighted by atomic mass is 79.9. The number of carbonyl (C=O) groups excluding carboxylic acids is 2. The number of benzene rings is 1. The van der Waals surface area contributed by atoms with Gasteiger partial charge in [0.1, 0.15) is 5.75 Å². The zero-order chi connectivity index (χ0) is 35.1. The highest BCUT2D eigenvalue weighted by Gasteiger charge is 2.48. The quantitative estimate of drug-likeness (QED) is 0.0672. The molecule has 9 nitrogen and oxygen atoms in total. The summed E-state index contributed by atoms with van der Waals surface area (Å²) in [6.07, 6.45) is 7.21. The lowest BCUT2D eigenvalue weighted by atomic mass is 9.69. The molecule has 3 rings (SSSR count). The van der Waals surface area contributed by atoms with Gasteiger partial charge in [-0.1, -0.05) is 58.1 Å². The number of carbonyl (C=O) groups is 2. The van der Waals surface area contributed by atoms with Crippen molar-refractivity contribution in [3.05, 3.63) is 52.5 Å². The molecule has 1 aromatic carbocycles. The van der Waals surface area contributed by atoms with Crippen molar-refractivity contribution < 1.29 is 38.2 Å². The third kappa shape index (κ3) is 10.5. The van der Waals surface area contributed by atoms with E-state index < -0.39 is 20.4 Å². The van der Waals surface area contributed by atoms with Crippen LogP contribution in [0.2, 0.25) is 18.1 Å². The Hall–Kier alpha value is -2.02. The van der Waals surface area contributed by atoms with Crippen LogP contribution in [0.5, 0.6) is 5.75 Å². The molecule has 0 heterocycles. The van der Waals surface area contributed by atoms with E-state index in [2.05, 4.69) is 68.9 Å². The van der Waals surface area contributed by atoms with Gasteiger partial charge in [-0.15, -0.1) is 0 Å². The number of amides is 1. The molecule has 1 amide bonds. The van der Waals surface area contributed by atoms with Crippen LogP contribution in [-0.2, 0) is 34.9 Å². The Labute approximate surface area is 291 Å². The topological polar surface area (TPSA) is 104 Å². The van der Waals surface area contributed by atoms with E-state index in [1.165, 1.54) is 21.3 Å². The fourth-order valence-electron chi connectivity index (χ4n) is 6.64. The minimum atomic E-state index is -2.25. The van der Waals surface area contributed by atoms with Crippen molar-refractivity contribution in [1.82, 2.24) is 5.06 Å². The number of esters is 1. The molecule has 0 unspecified atom stereocenters. The number of allylic oxidation sites excluding steroid dienone is 2. The number of aliphatic hydroxyl groups is 1. The Kier molecular flexibility index (Phi) is 14.3. The zero-order valence-electron chi connectivity index (χ0n) is 29.8. The molecule has 0 saturated heterocycles. The van der Waals surface area contributed by atoms with Gasteiger partial charge in [0, 0.05) is 19.1 Å². The van der Waals surface area contributed by atoms with Gasteiger partial charge in [-0.2, -0.15) is 0 Å².